The van der Waals surface area contributed by atoms with Crippen LogP contribution in [0.3, 0.4) is 0 Å². The molecule has 0 aliphatic carbocycles. The molecule has 1 aliphatic heterocycles. The van der Waals surface area contributed by atoms with E-state index in [1.165, 1.54) is 0 Å². The molecule has 1 aliphatic rings. The van der Waals surface area contributed by atoms with Crippen LogP contribution >= 0.6 is 11.8 Å². The SMILES string of the molecule is CCOC(=O)CC(=O)SC1=C(C#N)[C@H](c2ccc(OCC)cc2)[C@@H](C(=O)OC)C(=O)N1. The molecule has 0 fully saturated rings. The second kappa shape index (κ2) is 11.2. The molecular formula is C21H22N2O7S. The number of rotatable bonds is 8. The average molecular weight is 446 g/mol. The number of amides is 1. The molecule has 2 atom stereocenters. The Labute approximate surface area is 183 Å². The van der Waals surface area contributed by atoms with E-state index in [2.05, 4.69) is 5.32 Å². The van der Waals surface area contributed by atoms with Crippen LogP contribution < -0.4 is 10.1 Å². The van der Waals surface area contributed by atoms with E-state index in [1.54, 1.807) is 31.2 Å². The van der Waals surface area contributed by atoms with Crippen molar-refractivity contribution in [1.82, 2.24) is 5.32 Å². The van der Waals surface area contributed by atoms with Gasteiger partial charge < -0.3 is 19.5 Å². The van der Waals surface area contributed by atoms with Gasteiger partial charge in [0, 0.05) is 5.92 Å². The van der Waals surface area contributed by atoms with Crippen LogP contribution in [0.25, 0.3) is 0 Å². The van der Waals surface area contributed by atoms with Gasteiger partial charge in [-0.3, -0.25) is 19.2 Å². The summed E-state index contributed by atoms with van der Waals surface area (Å²) in [6, 6.07) is 8.60. The van der Waals surface area contributed by atoms with Crippen molar-refractivity contribution in [1.29, 1.82) is 5.26 Å². The lowest BCUT2D eigenvalue weighted by atomic mass is 9.78. The van der Waals surface area contributed by atoms with E-state index in [1.807, 2.05) is 13.0 Å². The number of esters is 2. The summed E-state index contributed by atoms with van der Waals surface area (Å²) < 4.78 is 14.9. The Morgan fingerprint density at radius 2 is 1.84 bits per heavy atom. The van der Waals surface area contributed by atoms with Crippen LogP contribution in [-0.2, 0) is 28.7 Å². The summed E-state index contributed by atoms with van der Waals surface area (Å²) in [5.74, 6) is -3.94. The number of hydrogen-bond acceptors (Lipinski definition) is 9. The van der Waals surface area contributed by atoms with Crippen molar-refractivity contribution in [3.63, 3.8) is 0 Å². The highest BCUT2D eigenvalue weighted by Crippen LogP contribution is 2.40. The lowest BCUT2D eigenvalue weighted by molar-refractivity contribution is -0.151. The monoisotopic (exact) mass is 446 g/mol. The van der Waals surface area contributed by atoms with Crippen LogP contribution in [0, 0.1) is 17.2 Å². The zero-order valence-corrected chi connectivity index (χ0v) is 18.1. The Bertz CT molecular complexity index is 934. The Balaban J connectivity index is 2.46. The lowest BCUT2D eigenvalue weighted by Gasteiger charge is -2.30. The Kier molecular flexibility index (Phi) is 8.63. The molecule has 10 heteroatoms. The summed E-state index contributed by atoms with van der Waals surface area (Å²) in [6.07, 6.45) is -0.523. The smallest absolute Gasteiger partial charge is 0.319 e. The summed E-state index contributed by atoms with van der Waals surface area (Å²) in [5.41, 5.74) is 0.516. The van der Waals surface area contributed by atoms with Gasteiger partial charge in [-0.05, 0) is 43.3 Å². The molecule has 1 aromatic rings. The van der Waals surface area contributed by atoms with E-state index in [9.17, 15) is 24.4 Å². The summed E-state index contributed by atoms with van der Waals surface area (Å²) in [5, 5.41) is 11.6. The van der Waals surface area contributed by atoms with Gasteiger partial charge in [0.1, 0.15) is 18.1 Å². The highest BCUT2D eigenvalue weighted by atomic mass is 32.2. The fraction of sp³-hybridized carbons (Fsp3) is 0.381. The first kappa shape index (κ1) is 24.0. The zero-order chi connectivity index (χ0) is 23.0. The summed E-state index contributed by atoms with van der Waals surface area (Å²) in [4.78, 5) is 48.9. The molecule has 1 heterocycles. The fourth-order valence-corrected chi connectivity index (χ4v) is 3.92. The predicted molar refractivity (Wildman–Crippen MR) is 110 cm³/mol. The maximum atomic E-state index is 12.7. The van der Waals surface area contributed by atoms with Crippen molar-refractivity contribution in [3.8, 4) is 11.8 Å². The number of hydrogen-bond donors (Lipinski definition) is 1. The first-order valence-corrected chi connectivity index (χ1v) is 10.3. The zero-order valence-electron chi connectivity index (χ0n) is 17.3. The summed E-state index contributed by atoms with van der Waals surface area (Å²) in [7, 11) is 1.15. The number of carbonyl (C=O) groups excluding carboxylic acids is 4. The Hall–Kier alpha value is -3.32. The van der Waals surface area contributed by atoms with Gasteiger partial charge in [0.25, 0.3) is 0 Å². The molecule has 0 spiro atoms. The topological polar surface area (TPSA) is 132 Å². The van der Waals surface area contributed by atoms with Gasteiger partial charge in [-0.1, -0.05) is 12.1 Å². The second-order valence-electron chi connectivity index (χ2n) is 6.28. The minimum Gasteiger partial charge on any atom is -0.494 e. The molecule has 0 saturated heterocycles. The van der Waals surface area contributed by atoms with Crippen LogP contribution in [0.1, 0.15) is 31.7 Å². The maximum Gasteiger partial charge on any atom is 0.319 e. The van der Waals surface area contributed by atoms with E-state index >= 15 is 0 Å². The van der Waals surface area contributed by atoms with Gasteiger partial charge in [-0.2, -0.15) is 5.26 Å². The van der Waals surface area contributed by atoms with Gasteiger partial charge in [0.2, 0.25) is 11.0 Å². The third-order valence-corrected chi connectivity index (χ3v) is 5.24. The number of allylic oxidation sites excluding steroid dienone is 1. The molecule has 0 aromatic heterocycles. The summed E-state index contributed by atoms with van der Waals surface area (Å²) in [6.45, 7) is 4.03. The number of thioether (sulfide) groups is 1. The maximum absolute atomic E-state index is 12.7. The molecule has 31 heavy (non-hydrogen) atoms. The number of nitriles is 1. The molecule has 2 rings (SSSR count). The van der Waals surface area contributed by atoms with Crippen LogP contribution in [-0.4, -0.2) is 43.3 Å². The van der Waals surface area contributed by atoms with Gasteiger partial charge >= 0.3 is 11.9 Å². The van der Waals surface area contributed by atoms with Crippen molar-refractivity contribution < 1.29 is 33.4 Å². The molecule has 0 bridgehead atoms. The molecule has 9 nitrogen and oxygen atoms in total. The average Bonchev–Trinajstić information content (AvgIpc) is 2.73. The minimum absolute atomic E-state index is 0.0152. The normalized spacial score (nSPS) is 17.9. The van der Waals surface area contributed by atoms with Gasteiger partial charge in [-0.25, -0.2) is 0 Å². The van der Waals surface area contributed by atoms with E-state index < -0.39 is 41.2 Å². The Morgan fingerprint density at radius 1 is 1.16 bits per heavy atom. The molecule has 1 N–H and O–H groups in total. The van der Waals surface area contributed by atoms with Crippen molar-refractivity contribution in [3.05, 3.63) is 40.4 Å². The van der Waals surface area contributed by atoms with Crippen LogP contribution in [0.2, 0.25) is 0 Å². The van der Waals surface area contributed by atoms with Crippen LogP contribution in [0.5, 0.6) is 5.75 Å². The molecular weight excluding hydrogens is 424 g/mol. The quantitative estimate of drug-likeness (QED) is 0.470. The van der Waals surface area contributed by atoms with Gasteiger partial charge in [0.05, 0.1) is 37.0 Å². The fourth-order valence-electron chi connectivity index (χ4n) is 3.06. The number of nitrogens with one attached hydrogen (secondary N) is 1. The number of nitrogens with zero attached hydrogens (tertiary/aromatic N) is 1. The first-order valence-electron chi connectivity index (χ1n) is 9.48. The molecule has 0 unspecified atom stereocenters. The Morgan fingerprint density at radius 3 is 2.39 bits per heavy atom. The second-order valence-corrected chi connectivity index (χ2v) is 7.35. The number of ether oxygens (including phenoxy) is 3. The van der Waals surface area contributed by atoms with E-state index in [0.29, 0.717) is 29.7 Å². The highest BCUT2D eigenvalue weighted by molar-refractivity contribution is 8.17. The van der Waals surface area contributed by atoms with Crippen molar-refractivity contribution >= 4 is 34.7 Å². The number of benzene rings is 1. The number of carbonyl (C=O) groups is 4. The molecule has 1 amide bonds. The minimum atomic E-state index is -1.32. The third-order valence-electron chi connectivity index (χ3n) is 4.34. The van der Waals surface area contributed by atoms with Crippen LogP contribution in [0.4, 0.5) is 0 Å². The molecule has 164 valence electrons. The van der Waals surface area contributed by atoms with Crippen molar-refractivity contribution in [2.45, 2.75) is 26.2 Å². The molecule has 0 saturated carbocycles. The van der Waals surface area contributed by atoms with Gasteiger partial charge in [0.15, 0.2) is 0 Å². The third kappa shape index (κ3) is 5.86. The first-order chi connectivity index (χ1) is 14.9. The largest absolute Gasteiger partial charge is 0.494 e. The van der Waals surface area contributed by atoms with E-state index in [0.717, 1.165) is 7.11 Å². The van der Waals surface area contributed by atoms with E-state index in [-0.39, 0.29) is 17.2 Å². The standard InChI is InChI=1S/C21H22N2O7S/c1-4-29-13-8-6-12(7-9-13)17-14(11-22)20(23-19(26)18(17)21(27)28-3)31-16(25)10-15(24)30-5-2/h6-9,17-18H,4-5,10H2,1-3H3,(H,23,26)/t17-,18+/m0/s1. The van der Waals surface area contributed by atoms with Gasteiger partial charge in [-0.15, -0.1) is 0 Å². The van der Waals surface area contributed by atoms with Crippen molar-refractivity contribution in [2.75, 3.05) is 20.3 Å². The lowest BCUT2D eigenvalue weighted by Crippen LogP contribution is -2.44. The predicted octanol–water partition coefficient (Wildman–Crippen LogP) is 2.04. The summed E-state index contributed by atoms with van der Waals surface area (Å²) >= 11 is 0.551. The highest BCUT2D eigenvalue weighted by Gasteiger charge is 2.44. The number of methoxy groups -OCH3 is 1. The van der Waals surface area contributed by atoms with Crippen LogP contribution in [0.15, 0.2) is 34.9 Å². The van der Waals surface area contributed by atoms with E-state index in [4.69, 9.17) is 14.2 Å². The molecule has 1 aromatic carbocycles. The molecule has 0 radical (unpaired) electrons. The van der Waals surface area contributed by atoms with Crippen molar-refractivity contribution in [2.24, 2.45) is 5.92 Å².